The van der Waals surface area contributed by atoms with E-state index in [1.807, 2.05) is 66.7 Å². The van der Waals surface area contributed by atoms with Gasteiger partial charge in [0.25, 0.3) is 0 Å². The summed E-state index contributed by atoms with van der Waals surface area (Å²) in [7, 11) is 0. The fraction of sp³-hybridized carbons (Fsp3) is 0.214. The lowest BCUT2D eigenvalue weighted by Gasteiger charge is -2.20. The van der Waals surface area contributed by atoms with E-state index in [1.165, 1.54) is 0 Å². The summed E-state index contributed by atoms with van der Waals surface area (Å²) < 4.78 is 5.82. The summed E-state index contributed by atoms with van der Waals surface area (Å²) >= 11 is 0. The monoisotopic (exact) mass is 455 g/mol. The van der Waals surface area contributed by atoms with Gasteiger partial charge in [-0.3, -0.25) is 4.79 Å². The van der Waals surface area contributed by atoms with Crippen LogP contribution in [0.25, 0.3) is 32.7 Å². The third-order valence-corrected chi connectivity index (χ3v) is 5.94. The predicted octanol–water partition coefficient (Wildman–Crippen LogP) is 4.16. The minimum Gasteiger partial charge on any atom is -0.424 e. The van der Waals surface area contributed by atoms with Crippen molar-refractivity contribution in [2.24, 2.45) is 17.2 Å². The molecule has 6 heteroatoms. The van der Waals surface area contributed by atoms with Gasteiger partial charge in [-0.15, -0.1) is 0 Å². The number of hydrogen-bond donors (Lipinski definition) is 3. The van der Waals surface area contributed by atoms with Gasteiger partial charge in [-0.05, 0) is 65.6 Å². The van der Waals surface area contributed by atoms with E-state index in [1.54, 1.807) is 13.0 Å². The maximum atomic E-state index is 13.5. The minimum atomic E-state index is -0.857. The molecule has 0 bridgehead atoms. The lowest BCUT2D eigenvalue weighted by atomic mass is 9.89. The van der Waals surface area contributed by atoms with Crippen molar-refractivity contribution < 1.29 is 14.3 Å². The fourth-order valence-electron chi connectivity index (χ4n) is 4.11. The SMILES string of the molecule is C[C@H](N)C(=O)Oc1c(C(=O)[C@H](N)CCCN)cc2ccccc2c1-c1ccc2ccccc2c1. The van der Waals surface area contributed by atoms with Crippen molar-refractivity contribution >= 4 is 33.3 Å². The van der Waals surface area contributed by atoms with Crippen LogP contribution in [-0.4, -0.2) is 30.4 Å². The molecule has 0 aromatic heterocycles. The molecule has 0 amide bonds. The van der Waals surface area contributed by atoms with Gasteiger partial charge < -0.3 is 21.9 Å². The fourth-order valence-corrected chi connectivity index (χ4v) is 4.11. The normalized spacial score (nSPS) is 13.1. The predicted molar refractivity (Wildman–Crippen MR) is 137 cm³/mol. The van der Waals surface area contributed by atoms with Crippen LogP contribution in [0.2, 0.25) is 0 Å². The smallest absolute Gasteiger partial charge is 0.328 e. The van der Waals surface area contributed by atoms with E-state index in [9.17, 15) is 9.59 Å². The Morgan fingerprint density at radius 3 is 2.26 bits per heavy atom. The molecule has 0 aliphatic carbocycles. The molecule has 0 saturated carbocycles. The number of ketones is 1. The second-order valence-electron chi connectivity index (χ2n) is 8.52. The van der Waals surface area contributed by atoms with Gasteiger partial charge >= 0.3 is 5.97 Å². The summed E-state index contributed by atoms with van der Waals surface area (Å²) in [4.78, 5) is 26.1. The van der Waals surface area contributed by atoms with Crippen LogP contribution in [0.1, 0.15) is 30.1 Å². The lowest BCUT2D eigenvalue weighted by Crippen LogP contribution is -2.34. The van der Waals surface area contributed by atoms with Crippen molar-refractivity contribution in [3.8, 4) is 16.9 Å². The first-order valence-electron chi connectivity index (χ1n) is 11.4. The molecule has 0 fully saturated rings. The molecule has 174 valence electrons. The molecule has 0 radical (unpaired) electrons. The van der Waals surface area contributed by atoms with Crippen LogP contribution in [0.4, 0.5) is 0 Å². The number of rotatable bonds is 8. The maximum absolute atomic E-state index is 13.5. The van der Waals surface area contributed by atoms with E-state index in [4.69, 9.17) is 21.9 Å². The Morgan fingerprint density at radius 2 is 1.56 bits per heavy atom. The first kappa shape index (κ1) is 23.6. The molecule has 6 N–H and O–H groups in total. The average Bonchev–Trinajstić information content (AvgIpc) is 2.85. The number of carbonyl (C=O) groups is 2. The topological polar surface area (TPSA) is 121 Å². The first-order valence-corrected chi connectivity index (χ1v) is 11.4. The summed E-state index contributed by atoms with van der Waals surface area (Å²) in [6.07, 6.45) is 1.06. The zero-order valence-electron chi connectivity index (χ0n) is 19.2. The third kappa shape index (κ3) is 4.70. The molecule has 4 aromatic rings. The van der Waals surface area contributed by atoms with Gasteiger partial charge in [0.1, 0.15) is 11.8 Å². The Morgan fingerprint density at radius 1 is 0.882 bits per heavy atom. The minimum absolute atomic E-state index is 0.185. The standard InChI is InChI=1S/C28H29N3O3/c1-17(30)28(33)34-27-23(26(32)24(31)11-6-14-29)16-20-9-4-5-10-22(20)25(27)21-13-12-18-7-2-3-8-19(18)15-21/h2-5,7-10,12-13,15-17,24H,6,11,14,29-31H2,1H3/t17-,24+/m0/s1. The van der Waals surface area contributed by atoms with E-state index in [0.717, 1.165) is 27.1 Å². The van der Waals surface area contributed by atoms with Crippen LogP contribution < -0.4 is 21.9 Å². The molecule has 0 spiro atoms. The van der Waals surface area contributed by atoms with Gasteiger partial charge in [0, 0.05) is 5.56 Å². The number of carbonyl (C=O) groups excluding carboxylic acids is 2. The molecule has 6 nitrogen and oxygen atoms in total. The van der Waals surface area contributed by atoms with Crippen LogP contribution in [0, 0.1) is 0 Å². The van der Waals surface area contributed by atoms with Crippen molar-refractivity contribution in [1.82, 2.24) is 0 Å². The molecule has 0 aliphatic rings. The Bertz CT molecular complexity index is 1360. The molecule has 34 heavy (non-hydrogen) atoms. The van der Waals surface area contributed by atoms with Crippen LogP contribution >= 0.6 is 0 Å². The zero-order chi connectivity index (χ0) is 24.2. The number of Topliss-reactive ketones (excluding diaryl/α,β-unsaturated/α-hetero) is 1. The Balaban J connectivity index is 2.01. The lowest BCUT2D eigenvalue weighted by molar-refractivity contribution is -0.135. The summed E-state index contributed by atoms with van der Waals surface area (Å²) in [6, 6.07) is 21.8. The highest BCUT2D eigenvalue weighted by Crippen LogP contribution is 2.41. The van der Waals surface area contributed by atoms with E-state index in [0.29, 0.717) is 24.9 Å². The number of ether oxygens (including phenoxy) is 1. The number of nitrogens with two attached hydrogens (primary N) is 3. The van der Waals surface area contributed by atoms with Crippen molar-refractivity contribution in [3.05, 3.63) is 78.4 Å². The molecule has 0 saturated heterocycles. The Labute approximate surface area is 198 Å². The number of esters is 1. The Hall–Kier alpha value is -3.58. The number of hydrogen-bond acceptors (Lipinski definition) is 6. The Kier molecular flexibility index (Phi) is 7.03. The molecule has 0 aliphatic heterocycles. The summed E-state index contributed by atoms with van der Waals surface area (Å²) in [5, 5.41) is 3.82. The van der Waals surface area contributed by atoms with Crippen LogP contribution in [0.5, 0.6) is 5.75 Å². The molecule has 4 aromatic carbocycles. The first-order chi connectivity index (χ1) is 16.4. The van der Waals surface area contributed by atoms with E-state index < -0.39 is 18.1 Å². The second-order valence-corrected chi connectivity index (χ2v) is 8.52. The molecule has 0 heterocycles. The van der Waals surface area contributed by atoms with E-state index >= 15 is 0 Å². The van der Waals surface area contributed by atoms with Crippen molar-refractivity contribution in [3.63, 3.8) is 0 Å². The van der Waals surface area contributed by atoms with Gasteiger partial charge in [-0.2, -0.15) is 0 Å². The number of fused-ring (bicyclic) bond motifs is 2. The van der Waals surface area contributed by atoms with Gasteiger partial charge in [0.2, 0.25) is 0 Å². The highest BCUT2D eigenvalue weighted by Gasteiger charge is 2.27. The van der Waals surface area contributed by atoms with Crippen molar-refractivity contribution in [1.29, 1.82) is 0 Å². The average molecular weight is 456 g/mol. The largest absolute Gasteiger partial charge is 0.424 e. The summed E-state index contributed by atoms with van der Waals surface area (Å²) in [6.45, 7) is 1.99. The summed E-state index contributed by atoms with van der Waals surface area (Å²) in [5.74, 6) is -0.736. The van der Waals surface area contributed by atoms with E-state index in [2.05, 4.69) is 0 Å². The molecular formula is C28H29N3O3. The van der Waals surface area contributed by atoms with Crippen molar-refractivity contribution in [2.45, 2.75) is 31.8 Å². The van der Waals surface area contributed by atoms with Crippen LogP contribution in [0.15, 0.2) is 72.8 Å². The highest BCUT2D eigenvalue weighted by molar-refractivity contribution is 6.12. The van der Waals surface area contributed by atoms with Gasteiger partial charge in [0.15, 0.2) is 5.78 Å². The molecular weight excluding hydrogens is 426 g/mol. The molecule has 0 unspecified atom stereocenters. The van der Waals surface area contributed by atoms with Gasteiger partial charge in [-0.25, -0.2) is 4.79 Å². The zero-order valence-corrected chi connectivity index (χ0v) is 19.2. The van der Waals surface area contributed by atoms with Crippen molar-refractivity contribution in [2.75, 3.05) is 6.54 Å². The highest BCUT2D eigenvalue weighted by atomic mass is 16.5. The quantitative estimate of drug-likeness (QED) is 0.208. The third-order valence-electron chi connectivity index (χ3n) is 5.94. The van der Waals surface area contributed by atoms with Crippen LogP contribution in [-0.2, 0) is 4.79 Å². The van der Waals surface area contributed by atoms with E-state index in [-0.39, 0.29) is 17.1 Å². The second kappa shape index (κ2) is 10.1. The van der Waals surface area contributed by atoms with Gasteiger partial charge in [-0.1, -0.05) is 60.7 Å². The molecule has 4 rings (SSSR count). The maximum Gasteiger partial charge on any atom is 0.328 e. The van der Waals surface area contributed by atoms with Crippen LogP contribution in [0.3, 0.4) is 0 Å². The summed E-state index contributed by atoms with van der Waals surface area (Å²) in [5.41, 5.74) is 19.4. The molecule has 2 atom stereocenters. The van der Waals surface area contributed by atoms with Gasteiger partial charge in [0.05, 0.1) is 11.6 Å². The number of benzene rings is 4.